The maximum Gasteiger partial charge on any atom is 0.216 e. The Morgan fingerprint density at radius 2 is 2.18 bits per heavy atom. The first-order valence-electron chi connectivity index (χ1n) is 4.85. The highest BCUT2D eigenvalue weighted by molar-refractivity contribution is 6.29. The van der Waals surface area contributed by atoms with E-state index in [0.29, 0.717) is 22.2 Å². The number of pyridine rings is 1. The first-order chi connectivity index (χ1) is 8.13. The number of carbonyl (C=O) groups excluding carboxylic acids is 1. The van der Waals surface area contributed by atoms with Crippen LogP contribution in [-0.2, 0) is 7.05 Å². The monoisotopic (exact) mass is 251 g/mol. The normalized spacial score (nSPS) is 10.3. The van der Waals surface area contributed by atoms with Crippen LogP contribution in [0.3, 0.4) is 0 Å². The maximum atomic E-state index is 12.2. The van der Waals surface area contributed by atoms with Gasteiger partial charge in [-0.05, 0) is 12.1 Å². The highest BCUT2D eigenvalue weighted by Crippen LogP contribution is 2.20. The molecule has 6 heteroatoms. The summed E-state index contributed by atoms with van der Waals surface area (Å²) >= 11 is 5.67. The van der Waals surface area contributed by atoms with Gasteiger partial charge < -0.3 is 4.74 Å². The zero-order valence-corrected chi connectivity index (χ0v) is 10.1. The van der Waals surface area contributed by atoms with Gasteiger partial charge in [0.15, 0.2) is 11.4 Å². The lowest BCUT2D eigenvalue weighted by Crippen LogP contribution is -2.09. The van der Waals surface area contributed by atoms with Gasteiger partial charge in [0.25, 0.3) is 0 Å². The van der Waals surface area contributed by atoms with Crippen LogP contribution in [0.5, 0.6) is 5.75 Å². The summed E-state index contributed by atoms with van der Waals surface area (Å²) in [5, 5.41) is 4.32. The number of hydrogen-bond acceptors (Lipinski definition) is 4. The minimum absolute atomic E-state index is 0.203. The van der Waals surface area contributed by atoms with E-state index < -0.39 is 0 Å². The zero-order chi connectivity index (χ0) is 12.4. The van der Waals surface area contributed by atoms with Crippen LogP contribution in [0, 0.1) is 0 Å². The molecule has 0 amide bonds. The number of carbonyl (C=O) groups is 1. The summed E-state index contributed by atoms with van der Waals surface area (Å²) in [6, 6.07) is 3.18. The van der Waals surface area contributed by atoms with Gasteiger partial charge in [-0.1, -0.05) is 11.6 Å². The Balaban J connectivity index is 2.43. The van der Waals surface area contributed by atoms with E-state index in [2.05, 4.69) is 10.1 Å². The maximum absolute atomic E-state index is 12.2. The highest BCUT2D eigenvalue weighted by atomic mass is 35.5. The molecule has 0 saturated carbocycles. The van der Waals surface area contributed by atoms with E-state index in [1.807, 2.05) is 0 Å². The molecule has 0 fully saturated rings. The van der Waals surface area contributed by atoms with Crippen molar-refractivity contribution in [1.29, 1.82) is 0 Å². The Kier molecular flexibility index (Phi) is 3.10. The van der Waals surface area contributed by atoms with Crippen molar-refractivity contribution in [3.05, 3.63) is 40.9 Å². The van der Waals surface area contributed by atoms with Gasteiger partial charge >= 0.3 is 0 Å². The lowest BCUT2D eigenvalue weighted by atomic mass is 10.1. The van der Waals surface area contributed by atoms with Crippen LogP contribution in [-0.4, -0.2) is 27.7 Å². The number of methoxy groups -OCH3 is 1. The van der Waals surface area contributed by atoms with Crippen LogP contribution in [0.1, 0.15) is 16.1 Å². The second-order valence-electron chi connectivity index (χ2n) is 3.38. The van der Waals surface area contributed by atoms with Crippen molar-refractivity contribution >= 4 is 17.4 Å². The lowest BCUT2D eigenvalue weighted by molar-refractivity contribution is 0.102. The molecule has 0 saturated heterocycles. The number of rotatable bonds is 3. The molecule has 0 radical (unpaired) electrons. The third kappa shape index (κ3) is 2.14. The van der Waals surface area contributed by atoms with E-state index in [9.17, 15) is 4.79 Å². The first-order valence-corrected chi connectivity index (χ1v) is 5.23. The smallest absolute Gasteiger partial charge is 0.216 e. The molecule has 17 heavy (non-hydrogen) atoms. The molecule has 2 rings (SSSR count). The van der Waals surface area contributed by atoms with Crippen molar-refractivity contribution in [3.8, 4) is 5.75 Å². The summed E-state index contributed by atoms with van der Waals surface area (Å²) in [6.07, 6.45) is 2.92. The molecule has 0 unspecified atom stereocenters. The van der Waals surface area contributed by atoms with Gasteiger partial charge in [-0.3, -0.25) is 9.48 Å². The predicted molar refractivity (Wildman–Crippen MR) is 62.4 cm³/mol. The minimum atomic E-state index is -0.203. The van der Waals surface area contributed by atoms with Crippen molar-refractivity contribution in [2.24, 2.45) is 7.05 Å². The molecule has 0 aromatic carbocycles. The molecular weight excluding hydrogens is 242 g/mol. The number of aromatic nitrogens is 3. The largest absolute Gasteiger partial charge is 0.493 e. The van der Waals surface area contributed by atoms with Gasteiger partial charge in [0.1, 0.15) is 5.15 Å². The Bertz CT molecular complexity index is 548. The van der Waals surface area contributed by atoms with Crippen molar-refractivity contribution in [3.63, 3.8) is 0 Å². The van der Waals surface area contributed by atoms with Crippen LogP contribution in [0.2, 0.25) is 5.15 Å². The number of ketones is 1. The first kappa shape index (κ1) is 11.6. The van der Waals surface area contributed by atoms with Crippen LogP contribution >= 0.6 is 11.6 Å². The average Bonchev–Trinajstić information content (AvgIpc) is 2.70. The van der Waals surface area contributed by atoms with Crippen molar-refractivity contribution in [2.45, 2.75) is 0 Å². The van der Waals surface area contributed by atoms with Crippen molar-refractivity contribution < 1.29 is 9.53 Å². The molecule has 0 aliphatic carbocycles. The molecule has 2 aromatic rings. The van der Waals surface area contributed by atoms with E-state index in [1.54, 1.807) is 19.2 Å². The Labute approximate surface area is 103 Å². The third-order valence-electron chi connectivity index (χ3n) is 2.33. The SMILES string of the molecule is COc1cnn(C)c1C(=O)c1ccc(Cl)nc1. The third-order valence-corrected chi connectivity index (χ3v) is 2.55. The van der Waals surface area contributed by atoms with Gasteiger partial charge in [0.2, 0.25) is 5.78 Å². The molecule has 88 valence electrons. The number of halogens is 1. The molecule has 0 N–H and O–H groups in total. The van der Waals surface area contributed by atoms with Crippen molar-refractivity contribution in [1.82, 2.24) is 14.8 Å². The van der Waals surface area contributed by atoms with Gasteiger partial charge in [-0.15, -0.1) is 0 Å². The molecule has 0 bridgehead atoms. The topological polar surface area (TPSA) is 57.0 Å². The summed E-state index contributed by atoms with van der Waals surface area (Å²) in [5.74, 6) is 0.235. The molecule has 0 atom stereocenters. The van der Waals surface area contributed by atoms with Crippen LogP contribution in [0.25, 0.3) is 0 Å². The summed E-state index contributed by atoms with van der Waals surface area (Å²) in [7, 11) is 3.17. The standard InChI is InChI=1S/C11H10ClN3O2/c1-15-10(8(17-2)6-14-15)11(16)7-3-4-9(12)13-5-7/h3-6H,1-2H3. The van der Waals surface area contributed by atoms with E-state index in [-0.39, 0.29) is 5.78 Å². The molecule has 0 aliphatic heterocycles. The molecular formula is C11H10ClN3O2. The lowest BCUT2D eigenvalue weighted by Gasteiger charge is -2.04. The number of hydrogen-bond donors (Lipinski definition) is 0. The highest BCUT2D eigenvalue weighted by Gasteiger charge is 2.19. The molecule has 5 nitrogen and oxygen atoms in total. The minimum Gasteiger partial charge on any atom is -0.493 e. The fourth-order valence-electron chi connectivity index (χ4n) is 1.47. The van der Waals surface area contributed by atoms with Crippen LogP contribution in [0.15, 0.2) is 24.5 Å². The quantitative estimate of drug-likeness (QED) is 0.616. The summed E-state index contributed by atoms with van der Waals surface area (Å²) in [4.78, 5) is 16.1. The predicted octanol–water partition coefficient (Wildman–Crippen LogP) is 1.71. The van der Waals surface area contributed by atoms with Gasteiger partial charge in [-0.2, -0.15) is 5.10 Å². The van der Waals surface area contributed by atoms with E-state index >= 15 is 0 Å². The fraction of sp³-hybridized carbons (Fsp3) is 0.182. The Hall–Kier alpha value is -1.88. The Morgan fingerprint density at radius 3 is 2.76 bits per heavy atom. The summed E-state index contributed by atoms with van der Waals surface area (Å²) in [6.45, 7) is 0. The van der Waals surface area contributed by atoms with Gasteiger partial charge in [0.05, 0.1) is 13.3 Å². The molecule has 0 spiro atoms. The van der Waals surface area contributed by atoms with E-state index in [1.165, 1.54) is 24.2 Å². The summed E-state index contributed by atoms with van der Waals surface area (Å²) in [5.41, 5.74) is 0.827. The summed E-state index contributed by atoms with van der Waals surface area (Å²) < 4.78 is 6.55. The molecule has 2 heterocycles. The number of ether oxygens (including phenoxy) is 1. The Morgan fingerprint density at radius 1 is 1.41 bits per heavy atom. The molecule has 2 aromatic heterocycles. The second kappa shape index (κ2) is 4.55. The number of aryl methyl sites for hydroxylation is 1. The number of nitrogens with zero attached hydrogens (tertiary/aromatic N) is 3. The van der Waals surface area contributed by atoms with Crippen LogP contribution in [0.4, 0.5) is 0 Å². The van der Waals surface area contributed by atoms with Gasteiger partial charge in [0, 0.05) is 18.8 Å². The average molecular weight is 252 g/mol. The second-order valence-corrected chi connectivity index (χ2v) is 3.77. The van der Waals surface area contributed by atoms with E-state index in [4.69, 9.17) is 16.3 Å². The van der Waals surface area contributed by atoms with E-state index in [0.717, 1.165) is 0 Å². The van der Waals surface area contributed by atoms with Crippen LogP contribution < -0.4 is 4.74 Å². The van der Waals surface area contributed by atoms with Crippen molar-refractivity contribution in [2.75, 3.05) is 7.11 Å². The van der Waals surface area contributed by atoms with Gasteiger partial charge in [-0.25, -0.2) is 4.98 Å². The zero-order valence-electron chi connectivity index (χ0n) is 9.35. The fourth-order valence-corrected chi connectivity index (χ4v) is 1.58. The molecule has 0 aliphatic rings.